The normalized spacial score (nSPS) is 41.2. The lowest BCUT2D eigenvalue weighted by Crippen LogP contribution is -2.48. The van der Waals surface area contributed by atoms with Crippen molar-refractivity contribution in [1.82, 2.24) is 5.32 Å². The highest BCUT2D eigenvalue weighted by atomic mass is 16.5. The minimum absolute atomic E-state index is 0.0243. The molecule has 0 aliphatic carbocycles. The van der Waals surface area contributed by atoms with Crippen LogP contribution in [-0.4, -0.2) is 25.2 Å². The number of carbonyl (C=O) groups excluding carboxylic acids is 1. The van der Waals surface area contributed by atoms with Gasteiger partial charge in [0.15, 0.2) is 0 Å². The van der Waals surface area contributed by atoms with E-state index in [0.717, 1.165) is 6.29 Å². The van der Waals surface area contributed by atoms with E-state index in [1.165, 1.54) is 0 Å². The maximum absolute atomic E-state index is 10.4. The predicted molar refractivity (Wildman–Crippen MR) is 37.6 cm³/mol. The fraction of sp³-hybridized carbons (Fsp3) is 0.857. The summed E-state index contributed by atoms with van der Waals surface area (Å²) in [6, 6.07) is -0.0243. The van der Waals surface area contributed by atoms with Crippen LogP contribution in [0.5, 0.6) is 0 Å². The molecule has 3 atom stereocenters. The molecule has 0 aromatic rings. The van der Waals surface area contributed by atoms with Crippen molar-refractivity contribution in [1.29, 1.82) is 0 Å². The van der Waals surface area contributed by atoms with E-state index in [-0.39, 0.29) is 18.1 Å². The van der Waals surface area contributed by atoms with Crippen molar-refractivity contribution in [2.45, 2.75) is 26.0 Å². The molecule has 1 fully saturated rings. The van der Waals surface area contributed by atoms with E-state index in [2.05, 4.69) is 5.32 Å². The third-order valence-corrected chi connectivity index (χ3v) is 2.12. The molecule has 0 amide bonds. The van der Waals surface area contributed by atoms with Gasteiger partial charge in [0.05, 0.1) is 18.9 Å². The number of carbonyl (C=O) groups is 1. The van der Waals surface area contributed by atoms with Crippen LogP contribution in [0.25, 0.3) is 0 Å². The first-order chi connectivity index (χ1) is 4.75. The van der Waals surface area contributed by atoms with E-state index in [1.54, 1.807) is 0 Å². The minimum Gasteiger partial charge on any atom is -0.363 e. The lowest BCUT2D eigenvalue weighted by Gasteiger charge is -2.31. The Morgan fingerprint density at radius 3 is 2.80 bits per heavy atom. The second-order valence-electron chi connectivity index (χ2n) is 2.74. The van der Waals surface area contributed by atoms with Crippen LogP contribution in [0.3, 0.4) is 0 Å². The first-order valence-electron chi connectivity index (χ1n) is 3.56. The highest BCUT2D eigenvalue weighted by Gasteiger charge is 2.26. The van der Waals surface area contributed by atoms with Gasteiger partial charge in [-0.05, 0) is 6.92 Å². The second-order valence-corrected chi connectivity index (χ2v) is 2.74. The molecule has 0 saturated carbocycles. The summed E-state index contributed by atoms with van der Waals surface area (Å²) < 4.78 is 5.25. The maximum atomic E-state index is 10.4. The van der Waals surface area contributed by atoms with Crippen LogP contribution in [0.15, 0.2) is 0 Å². The third kappa shape index (κ3) is 1.36. The molecule has 1 N–H and O–H groups in total. The molecule has 10 heavy (non-hydrogen) atoms. The lowest BCUT2D eigenvalue weighted by atomic mass is 9.97. The van der Waals surface area contributed by atoms with Crippen LogP contribution in [0.4, 0.5) is 0 Å². The number of nitrogens with one attached hydrogen (secondary N) is 1. The topological polar surface area (TPSA) is 38.3 Å². The molecule has 1 heterocycles. The number of aldehydes is 1. The fourth-order valence-corrected chi connectivity index (χ4v) is 1.08. The summed E-state index contributed by atoms with van der Waals surface area (Å²) in [6.07, 6.45) is 1.14. The molecule has 0 bridgehead atoms. The van der Waals surface area contributed by atoms with Gasteiger partial charge in [-0.15, -0.1) is 0 Å². The molecule has 3 unspecified atom stereocenters. The molecule has 1 rings (SSSR count). The maximum Gasteiger partial charge on any atom is 0.137 e. The van der Waals surface area contributed by atoms with Gasteiger partial charge in [-0.25, -0.2) is 0 Å². The van der Waals surface area contributed by atoms with Crippen LogP contribution in [0, 0.1) is 5.92 Å². The number of hydrogen-bond donors (Lipinski definition) is 1. The van der Waals surface area contributed by atoms with Crippen molar-refractivity contribution in [3.05, 3.63) is 0 Å². The van der Waals surface area contributed by atoms with Gasteiger partial charge >= 0.3 is 0 Å². The molecular formula is C7H13NO2. The zero-order chi connectivity index (χ0) is 7.56. The summed E-state index contributed by atoms with van der Waals surface area (Å²) in [5, 5.41) is 2.96. The Balaban J connectivity index is 2.50. The Kier molecular flexibility index (Phi) is 2.40. The van der Waals surface area contributed by atoms with Gasteiger partial charge in [0.1, 0.15) is 6.29 Å². The average molecular weight is 143 g/mol. The van der Waals surface area contributed by atoms with E-state index < -0.39 is 0 Å². The number of hydrogen-bond acceptors (Lipinski definition) is 3. The van der Waals surface area contributed by atoms with Crippen molar-refractivity contribution in [2.75, 3.05) is 6.73 Å². The van der Waals surface area contributed by atoms with E-state index in [0.29, 0.717) is 6.73 Å². The molecule has 58 valence electrons. The summed E-state index contributed by atoms with van der Waals surface area (Å²) in [7, 11) is 0. The van der Waals surface area contributed by atoms with E-state index >= 15 is 0 Å². The van der Waals surface area contributed by atoms with E-state index in [4.69, 9.17) is 4.74 Å². The first-order valence-corrected chi connectivity index (χ1v) is 3.56. The Morgan fingerprint density at radius 1 is 1.60 bits per heavy atom. The number of ether oxygens (including phenoxy) is 1. The van der Waals surface area contributed by atoms with Crippen molar-refractivity contribution < 1.29 is 9.53 Å². The lowest BCUT2D eigenvalue weighted by molar-refractivity contribution is -0.117. The van der Waals surface area contributed by atoms with Gasteiger partial charge in [-0.2, -0.15) is 0 Å². The zero-order valence-electron chi connectivity index (χ0n) is 6.33. The fourth-order valence-electron chi connectivity index (χ4n) is 1.08. The Bertz CT molecular complexity index is 127. The van der Waals surface area contributed by atoms with E-state index in [1.807, 2.05) is 13.8 Å². The molecule has 3 heteroatoms. The molecule has 1 aliphatic rings. The van der Waals surface area contributed by atoms with Crippen molar-refractivity contribution in [3.63, 3.8) is 0 Å². The standard InChI is InChI=1S/C7H13NO2/c1-5-6(2)10-4-8-7(5)3-9/h3,5-8H,4H2,1-2H3. The molecular weight excluding hydrogens is 130 g/mol. The molecule has 1 aliphatic heterocycles. The smallest absolute Gasteiger partial charge is 0.137 e. The first kappa shape index (κ1) is 7.69. The number of rotatable bonds is 1. The van der Waals surface area contributed by atoms with Crippen LogP contribution < -0.4 is 5.32 Å². The van der Waals surface area contributed by atoms with Gasteiger partial charge in [0.25, 0.3) is 0 Å². The van der Waals surface area contributed by atoms with Gasteiger partial charge < -0.3 is 9.53 Å². The van der Waals surface area contributed by atoms with Gasteiger partial charge in [0.2, 0.25) is 0 Å². The van der Waals surface area contributed by atoms with Crippen LogP contribution >= 0.6 is 0 Å². The summed E-state index contributed by atoms with van der Waals surface area (Å²) in [5.41, 5.74) is 0. The van der Waals surface area contributed by atoms with Crippen LogP contribution in [0.1, 0.15) is 13.8 Å². The molecule has 0 aromatic heterocycles. The molecule has 0 aromatic carbocycles. The van der Waals surface area contributed by atoms with Crippen molar-refractivity contribution in [2.24, 2.45) is 5.92 Å². The third-order valence-electron chi connectivity index (χ3n) is 2.12. The molecule has 0 spiro atoms. The van der Waals surface area contributed by atoms with Crippen LogP contribution in [-0.2, 0) is 9.53 Å². The van der Waals surface area contributed by atoms with Crippen molar-refractivity contribution in [3.8, 4) is 0 Å². The molecule has 1 saturated heterocycles. The van der Waals surface area contributed by atoms with Gasteiger partial charge in [-0.1, -0.05) is 6.92 Å². The Morgan fingerprint density at radius 2 is 2.30 bits per heavy atom. The summed E-state index contributed by atoms with van der Waals surface area (Å²) in [5.74, 6) is 0.284. The second kappa shape index (κ2) is 3.12. The van der Waals surface area contributed by atoms with Crippen molar-refractivity contribution >= 4 is 6.29 Å². The summed E-state index contributed by atoms with van der Waals surface area (Å²) >= 11 is 0. The highest BCUT2D eigenvalue weighted by Crippen LogP contribution is 2.13. The Labute approximate surface area is 60.7 Å². The zero-order valence-corrected chi connectivity index (χ0v) is 6.33. The summed E-state index contributed by atoms with van der Waals surface area (Å²) in [4.78, 5) is 10.4. The molecule has 0 radical (unpaired) electrons. The monoisotopic (exact) mass is 143 g/mol. The highest BCUT2D eigenvalue weighted by molar-refractivity contribution is 5.58. The van der Waals surface area contributed by atoms with Gasteiger partial charge in [-0.3, -0.25) is 5.32 Å². The average Bonchev–Trinajstić information content (AvgIpc) is 1.95. The van der Waals surface area contributed by atoms with Crippen LogP contribution in [0.2, 0.25) is 0 Å². The minimum atomic E-state index is -0.0243. The summed E-state index contributed by atoms with van der Waals surface area (Å²) in [6.45, 7) is 4.49. The largest absolute Gasteiger partial charge is 0.363 e. The quantitative estimate of drug-likeness (QED) is 0.531. The molecule has 3 nitrogen and oxygen atoms in total. The van der Waals surface area contributed by atoms with E-state index in [9.17, 15) is 4.79 Å². The van der Waals surface area contributed by atoms with Gasteiger partial charge in [0, 0.05) is 5.92 Å². The SMILES string of the molecule is CC1OCNC(C=O)C1C. The Hall–Kier alpha value is -0.410. The predicted octanol–water partition coefficient (Wildman–Crippen LogP) is 0.156.